The quantitative estimate of drug-likeness (QED) is 0.854. The van der Waals surface area contributed by atoms with Crippen LogP contribution in [0.3, 0.4) is 0 Å². The standard InChI is InChI=1S/C18H28ClNO/c1-7-20-16(13-9-8-12(2)15(19)10-13)14-11-17(3,4)21-18(14,5)6/h8-10,14,16,20H,7,11H2,1-6H3. The van der Waals surface area contributed by atoms with E-state index in [1.165, 1.54) is 5.56 Å². The Morgan fingerprint density at radius 2 is 2.00 bits per heavy atom. The van der Waals surface area contributed by atoms with Gasteiger partial charge in [-0.1, -0.05) is 30.7 Å². The Morgan fingerprint density at radius 3 is 2.48 bits per heavy atom. The predicted molar refractivity (Wildman–Crippen MR) is 90.0 cm³/mol. The number of benzene rings is 1. The zero-order chi connectivity index (χ0) is 15.8. The van der Waals surface area contributed by atoms with E-state index in [9.17, 15) is 0 Å². The van der Waals surface area contributed by atoms with Gasteiger partial charge in [0.15, 0.2) is 0 Å². The molecule has 1 aliphatic rings. The summed E-state index contributed by atoms with van der Waals surface area (Å²) in [5.74, 6) is 0.422. The van der Waals surface area contributed by atoms with E-state index >= 15 is 0 Å². The van der Waals surface area contributed by atoms with E-state index in [2.05, 4.69) is 58.1 Å². The van der Waals surface area contributed by atoms with Crippen molar-refractivity contribution in [3.63, 3.8) is 0 Å². The molecule has 2 rings (SSSR count). The monoisotopic (exact) mass is 309 g/mol. The molecule has 0 aromatic heterocycles. The Balaban J connectivity index is 2.36. The van der Waals surface area contributed by atoms with Gasteiger partial charge in [0.25, 0.3) is 0 Å². The minimum Gasteiger partial charge on any atom is -0.369 e. The van der Waals surface area contributed by atoms with Crippen molar-refractivity contribution in [3.05, 3.63) is 34.3 Å². The SMILES string of the molecule is CCNC(c1ccc(C)c(Cl)c1)C1CC(C)(C)OC1(C)C. The number of ether oxygens (including phenoxy) is 1. The van der Waals surface area contributed by atoms with Crippen molar-refractivity contribution in [3.8, 4) is 0 Å². The molecule has 1 aliphatic heterocycles. The molecule has 118 valence electrons. The molecule has 0 aliphatic carbocycles. The fraction of sp³-hybridized carbons (Fsp3) is 0.667. The molecule has 1 aromatic rings. The lowest BCUT2D eigenvalue weighted by Crippen LogP contribution is -2.38. The Hall–Kier alpha value is -0.570. The highest BCUT2D eigenvalue weighted by molar-refractivity contribution is 6.31. The molecule has 3 heteroatoms. The van der Waals surface area contributed by atoms with Crippen molar-refractivity contribution in [1.82, 2.24) is 5.32 Å². The lowest BCUT2D eigenvalue weighted by Gasteiger charge is -2.34. The molecule has 2 atom stereocenters. The minimum absolute atomic E-state index is 0.0731. The fourth-order valence-corrected chi connectivity index (χ4v) is 3.83. The second-order valence-corrected chi connectivity index (χ2v) is 7.73. The first kappa shape index (κ1) is 16.8. The zero-order valence-electron chi connectivity index (χ0n) is 14.1. The van der Waals surface area contributed by atoms with Crippen molar-refractivity contribution in [1.29, 1.82) is 0 Å². The molecule has 2 unspecified atom stereocenters. The van der Waals surface area contributed by atoms with Crippen LogP contribution in [0, 0.1) is 12.8 Å². The summed E-state index contributed by atoms with van der Waals surface area (Å²) in [7, 11) is 0. The lowest BCUT2D eigenvalue weighted by molar-refractivity contribution is -0.0778. The molecule has 0 bridgehead atoms. The van der Waals surface area contributed by atoms with E-state index in [4.69, 9.17) is 16.3 Å². The Labute approximate surface area is 134 Å². The largest absolute Gasteiger partial charge is 0.369 e. The summed E-state index contributed by atoms with van der Waals surface area (Å²) in [6, 6.07) is 6.67. The van der Waals surface area contributed by atoms with Crippen LogP contribution in [0.4, 0.5) is 0 Å². The maximum Gasteiger partial charge on any atom is 0.0681 e. The normalized spacial score (nSPS) is 25.0. The van der Waals surface area contributed by atoms with Crippen molar-refractivity contribution >= 4 is 11.6 Å². The Morgan fingerprint density at radius 1 is 1.33 bits per heavy atom. The van der Waals surface area contributed by atoms with Crippen molar-refractivity contribution in [2.45, 2.75) is 65.2 Å². The molecule has 1 fully saturated rings. The zero-order valence-corrected chi connectivity index (χ0v) is 14.8. The summed E-state index contributed by atoms with van der Waals surface area (Å²) in [6.07, 6.45) is 1.04. The number of aryl methyl sites for hydroxylation is 1. The maximum absolute atomic E-state index is 6.33. The summed E-state index contributed by atoms with van der Waals surface area (Å²) < 4.78 is 6.28. The molecular weight excluding hydrogens is 282 g/mol. The van der Waals surface area contributed by atoms with Crippen LogP contribution in [0.5, 0.6) is 0 Å². The summed E-state index contributed by atoms with van der Waals surface area (Å²) in [6.45, 7) is 13.9. The van der Waals surface area contributed by atoms with Gasteiger partial charge in [0, 0.05) is 17.0 Å². The molecule has 21 heavy (non-hydrogen) atoms. The first-order valence-electron chi connectivity index (χ1n) is 7.86. The fourth-order valence-electron chi connectivity index (χ4n) is 3.64. The number of hydrogen-bond acceptors (Lipinski definition) is 2. The van der Waals surface area contributed by atoms with Crippen LogP contribution in [0.15, 0.2) is 18.2 Å². The number of rotatable bonds is 4. The molecule has 1 heterocycles. The van der Waals surface area contributed by atoms with Gasteiger partial charge in [-0.3, -0.25) is 0 Å². The van der Waals surface area contributed by atoms with E-state index in [0.29, 0.717) is 5.92 Å². The number of halogens is 1. The van der Waals surface area contributed by atoms with Crippen molar-refractivity contribution in [2.75, 3.05) is 6.54 Å². The van der Waals surface area contributed by atoms with Gasteiger partial charge in [0.05, 0.1) is 11.2 Å². The van der Waals surface area contributed by atoms with Gasteiger partial charge in [-0.2, -0.15) is 0 Å². The molecule has 1 saturated heterocycles. The van der Waals surface area contributed by atoms with E-state index < -0.39 is 0 Å². The van der Waals surface area contributed by atoms with Crippen molar-refractivity contribution < 1.29 is 4.74 Å². The van der Waals surface area contributed by atoms with Gasteiger partial charge in [-0.25, -0.2) is 0 Å². The molecule has 0 radical (unpaired) electrons. The maximum atomic E-state index is 6.33. The van der Waals surface area contributed by atoms with E-state index in [1.807, 2.05) is 6.92 Å². The van der Waals surface area contributed by atoms with Crippen LogP contribution >= 0.6 is 11.6 Å². The average molecular weight is 310 g/mol. The van der Waals surface area contributed by atoms with Crippen LogP contribution in [0.1, 0.15) is 58.2 Å². The van der Waals surface area contributed by atoms with Crippen LogP contribution in [-0.4, -0.2) is 17.7 Å². The first-order valence-corrected chi connectivity index (χ1v) is 8.24. The van der Waals surface area contributed by atoms with E-state index in [-0.39, 0.29) is 17.2 Å². The smallest absolute Gasteiger partial charge is 0.0681 e. The Bertz CT molecular complexity index is 510. The van der Waals surface area contributed by atoms with E-state index in [1.54, 1.807) is 0 Å². The summed E-state index contributed by atoms with van der Waals surface area (Å²) in [4.78, 5) is 0. The van der Waals surface area contributed by atoms with Crippen molar-refractivity contribution in [2.24, 2.45) is 5.92 Å². The average Bonchev–Trinajstić information content (AvgIpc) is 2.58. The second-order valence-electron chi connectivity index (χ2n) is 7.32. The number of nitrogens with one attached hydrogen (secondary N) is 1. The Kier molecular flexibility index (Phi) is 4.72. The third kappa shape index (κ3) is 3.61. The molecule has 0 spiro atoms. The van der Waals surface area contributed by atoms with Gasteiger partial charge in [0.1, 0.15) is 0 Å². The van der Waals surface area contributed by atoms with Gasteiger partial charge in [-0.05, 0) is 64.8 Å². The van der Waals surface area contributed by atoms with Gasteiger partial charge in [0.2, 0.25) is 0 Å². The highest BCUT2D eigenvalue weighted by Gasteiger charge is 2.49. The molecule has 0 amide bonds. The topological polar surface area (TPSA) is 21.3 Å². The summed E-state index contributed by atoms with van der Waals surface area (Å²) >= 11 is 6.33. The molecular formula is C18H28ClNO. The molecule has 1 N–H and O–H groups in total. The summed E-state index contributed by atoms with van der Waals surface area (Å²) in [5, 5.41) is 4.48. The van der Waals surface area contributed by atoms with Gasteiger partial charge >= 0.3 is 0 Å². The van der Waals surface area contributed by atoms with Gasteiger partial charge in [-0.15, -0.1) is 0 Å². The van der Waals surface area contributed by atoms with Crippen LogP contribution in [0.25, 0.3) is 0 Å². The van der Waals surface area contributed by atoms with E-state index in [0.717, 1.165) is 23.6 Å². The number of hydrogen-bond donors (Lipinski definition) is 1. The first-order chi connectivity index (χ1) is 9.66. The summed E-state index contributed by atoms with van der Waals surface area (Å²) in [5.41, 5.74) is 2.16. The third-order valence-electron chi connectivity index (χ3n) is 4.53. The van der Waals surface area contributed by atoms with Crippen LogP contribution < -0.4 is 5.32 Å². The highest BCUT2D eigenvalue weighted by Crippen LogP contribution is 2.47. The molecule has 0 saturated carbocycles. The molecule has 1 aromatic carbocycles. The minimum atomic E-state index is -0.145. The van der Waals surface area contributed by atoms with Crippen LogP contribution in [0.2, 0.25) is 5.02 Å². The lowest BCUT2D eigenvalue weighted by atomic mass is 9.78. The van der Waals surface area contributed by atoms with Crippen LogP contribution in [-0.2, 0) is 4.74 Å². The highest BCUT2D eigenvalue weighted by atomic mass is 35.5. The molecule has 2 nitrogen and oxygen atoms in total. The van der Waals surface area contributed by atoms with Gasteiger partial charge < -0.3 is 10.1 Å². The third-order valence-corrected chi connectivity index (χ3v) is 4.93. The predicted octanol–water partition coefficient (Wildman–Crippen LogP) is 4.89. The second kappa shape index (κ2) is 5.91.